The average molecular weight is 338 g/mol. The molecule has 0 radical (unpaired) electrons. The molecule has 3 fully saturated rings. The van der Waals surface area contributed by atoms with Crippen LogP contribution < -0.4 is 4.74 Å². The molecule has 1 aromatic rings. The van der Waals surface area contributed by atoms with Crippen molar-refractivity contribution in [3.63, 3.8) is 0 Å². The molecular formula is C19H25ClFNO. The molecule has 2 aliphatic carbocycles. The van der Waals surface area contributed by atoms with Crippen LogP contribution in [0.3, 0.4) is 0 Å². The third-order valence-electron chi connectivity index (χ3n) is 6.40. The largest absolute Gasteiger partial charge is 0.496 e. The predicted molar refractivity (Wildman–Crippen MR) is 90.8 cm³/mol. The first kappa shape index (κ1) is 15.7. The number of likely N-dealkylation sites (tertiary alicyclic amines) is 1. The highest BCUT2D eigenvalue weighted by atomic mass is 35.5. The van der Waals surface area contributed by atoms with Gasteiger partial charge in [-0.3, -0.25) is 4.90 Å². The van der Waals surface area contributed by atoms with Crippen LogP contribution in [-0.2, 0) is 5.67 Å². The van der Waals surface area contributed by atoms with Gasteiger partial charge in [0, 0.05) is 29.7 Å². The zero-order valence-corrected chi connectivity index (χ0v) is 14.5. The number of ether oxygens (including phenoxy) is 1. The second kappa shape index (κ2) is 5.93. The van der Waals surface area contributed by atoms with Gasteiger partial charge in [-0.05, 0) is 62.1 Å². The number of fused-ring (bicyclic) bond motifs is 2. The van der Waals surface area contributed by atoms with Crippen molar-refractivity contribution in [2.24, 2.45) is 11.8 Å². The molecule has 1 unspecified atom stereocenters. The molecule has 23 heavy (non-hydrogen) atoms. The molecule has 1 heterocycles. The van der Waals surface area contributed by atoms with Crippen molar-refractivity contribution in [2.45, 2.75) is 50.2 Å². The van der Waals surface area contributed by atoms with E-state index in [0.717, 1.165) is 24.9 Å². The number of benzene rings is 1. The summed E-state index contributed by atoms with van der Waals surface area (Å²) >= 11 is 6.10. The zero-order valence-electron chi connectivity index (χ0n) is 13.7. The second-order valence-electron chi connectivity index (χ2n) is 7.59. The standard InChI is InChI=1S/C19H25ClFNO/c1-23-18-5-4-15(20)12-16(18)19(21)6-8-22(9-7-19)17-11-13-2-3-14(17)10-13/h4-5,12-14,17H,2-3,6-11H2,1H3/t13-,14?,17-/m0/s1. The number of hydrogen-bond acceptors (Lipinski definition) is 2. The Labute approximate surface area is 143 Å². The SMILES string of the molecule is COc1ccc(Cl)cc1C1(F)CCN([C@H]2C[C@H]3CCC2C3)CC1. The van der Waals surface area contributed by atoms with Crippen LogP contribution in [0.25, 0.3) is 0 Å². The van der Waals surface area contributed by atoms with Crippen LogP contribution in [-0.4, -0.2) is 31.1 Å². The first-order valence-corrected chi connectivity index (χ1v) is 9.24. The fourth-order valence-electron chi connectivity index (χ4n) is 5.17. The van der Waals surface area contributed by atoms with E-state index in [1.54, 1.807) is 25.3 Å². The molecule has 2 bridgehead atoms. The lowest BCUT2D eigenvalue weighted by molar-refractivity contribution is 0.0210. The Morgan fingerprint density at radius 1 is 1.22 bits per heavy atom. The van der Waals surface area contributed by atoms with Gasteiger partial charge in [-0.1, -0.05) is 18.0 Å². The van der Waals surface area contributed by atoms with E-state index in [1.165, 1.54) is 25.7 Å². The van der Waals surface area contributed by atoms with Gasteiger partial charge in [-0.15, -0.1) is 0 Å². The minimum atomic E-state index is -1.32. The third-order valence-corrected chi connectivity index (χ3v) is 6.64. The van der Waals surface area contributed by atoms with E-state index in [0.29, 0.717) is 35.2 Å². The number of hydrogen-bond donors (Lipinski definition) is 0. The molecule has 1 aliphatic heterocycles. The smallest absolute Gasteiger partial charge is 0.142 e. The highest BCUT2D eigenvalue weighted by Gasteiger charge is 2.46. The highest BCUT2D eigenvalue weighted by Crippen LogP contribution is 2.49. The van der Waals surface area contributed by atoms with E-state index in [9.17, 15) is 0 Å². The Morgan fingerprint density at radius 2 is 2.00 bits per heavy atom. The quantitative estimate of drug-likeness (QED) is 0.785. The maximum Gasteiger partial charge on any atom is 0.142 e. The summed E-state index contributed by atoms with van der Waals surface area (Å²) in [5.74, 6) is 2.42. The molecule has 2 nitrogen and oxygen atoms in total. The molecule has 0 amide bonds. The fourth-order valence-corrected chi connectivity index (χ4v) is 5.34. The van der Waals surface area contributed by atoms with Crippen LogP contribution in [0.2, 0.25) is 5.02 Å². The Balaban J connectivity index is 1.49. The van der Waals surface area contributed by atoms with Gasteiger partial charge in [-0.2, -0.15) is 0 Å². The van der Waals surface area contributed by atoms with E-state index in [4.69, 9.17) is 16.3 Å². The van der Waals surface area contributed by atoms with E-state index < -0.39 is 5.67 Å². The average Bonchev–Trinajstić information content (AvgIpc) is 3.19. The lowest BCUT2D eigenvalue weighted by Crippen LogP contribution is -2.47. The number of halogens is 2. The van der Waals surface area contributed by atoms with Gasteiger partial charge in [0.25, 0.3) is 0 Å². The zero-order chi connectivity index (χ0) is 16.0. The number of methoxy groups -OCH3 is 1. The van der Waals surface area contributed by atoms with Crippen LogP contribution >= 0.6 is 11.6 Å². The number of rotatable bonds is 3. The van der Waals surface area contributed by atoms with Crippen LogP contribution in [0.15, 0.2) is 18.2 Å². The molecule has 1 saturated heterocycles. The summed E-state index contributed by atoms with van der Waals surface area (Å²) in [6, 6.07) is 5.99. The third kappa shape index (κ3) is 2.76. The number of alkyl halides is 1. The number of nitrogens with zero attached hydrogens (tertiary/aromatic N) is 1. The summed E-state index contributed by atoms with van der Waals surface area (Å²) in [5.41, 5.74) is -0.690. The topological polar surface area (TPSA) is 12.5 Å². The lowest BCUT2D eigenvalue weighted by atomic mass is 9.83. The van der Waals surface area contributed by atoms with E-state index in [-0.39, 0.29) is 0 Å². The minimum absolute atomic E-state index is 0.539. The van der Waals surface area contributed by atoms with Crippen molar-refractivity contribution < 1.29 is 9.13 Å². The molecule has 4 heteroatoms. The van der Waals surface area contributed by atoms with Gasteiger partial charge < -0.3 is 4.74 Å². The highest BCUT2D eigenvalue weighted by molar-refractivity contribution is 6.30. The Morgan fingerprint density at radius 3 is 2.61 bits per heavy atom. The molecule has 3 aliphatic rings. The Kier molecular flexibility index (Phi) is 4.05. The van der Waals surface area contributed by atoms with Gasteiger partial charge in [0.2, 0.25) is 0 Å². The summed E-state index contributed by atoms with van der Waals surface area (Å²) in [6.07, 6.45) is 6.63. The van der Waals surface area contributed by atoms with Crippen LogP contribution in [0.4, 0.5) is 4.39 Å². The first-order chi connectivity index (χ1) is 11.1. The van der Waals surface area contributed by atoms with E-state index in [2.05, 4.69) is 4.90 Å². The first-order valence-electron chi connectivity index (χ1n) is 8.86. The Hall–Kier alpha value is -0.800. The van der Waals surface area contributed by atoms with Crippen molar-refractivity contribution in [3.8, 4) is 5.75 Å². The molecular weight excluding hydrogens is 313 g/mol. The van der Waals surface area contributed by atoms with Crippen LogP contribution in [0.5, 0.6) is 5.75 Å². The van der Waals surface area contributed by atoms with Gasteiger partial charge >= 0.3 is 0 Å². The summed E-state index contributed by atoms with van der Waals surface area (Å²) in [4.78, 5) is 2.55. The molecule has 3 atom stereocenters. The number of piperidine rings is 1. The lowest BCUT2D eigenvalue weighted by Gasteiger charge is -2.42. The normalized spacial score (nSPS) is 33.1. The van der Waals surface area contributed by atoms with E-state index >= 15 is 4.39 Å². The summed E-state index contributed by atoms with van der Waals surface area (Å²) in [5, 5.41) is 0.577. The molecule has 0 N–H and O–H groups in total. The maximum atomic E-state index is 15.6. The molecule has 0 aromatic heterocycles. The summed E-state index contributed by atoms with van der Waals surface area (Å²) in [7, 11) is 1.60. The van der Waals surface area contributed by atoms with E-state index in [1.807, 2.05) is 0 Å². The van der Waals surface area contributed by atoms with Gasteiger partial charge in [-0.25, -0.2) is 4.39 Å². The van der Waals surface area contributed by atoms with Gasteiger partial charge in [0.1, 0.15) is 11.4 Å². The maximum absolute atomic E-state index is 15.6. The Bertz CT molecular complexity index is 585. The van der Waals surface area contributed by atoms with Crippen molar-refractivity contribution in [3.05, 3.63) is 28.8 Å². The predicted octanol–water partition coefficient (Wildman–Crippen LogP) is 4.80. The second-order valence-corrected chi connectivity index (χ2v) is 8.02. The van der Waals surface area contributed by atoms with Crippen molar-refractivity contribution in [2.75, 3.05) is 20.2 Å². The van der Waals surface area contributed by atoms with Gasteiger partial charge in [0.15, 0.2) is 0 Å². The molecule has 1 aromatic carbocycles. The molecule has 126 valence electrons. The fraction of sp³-hybridized carbons (Fsp3) is 0.684. The van der Waals surface area contributed by atoms with Crippen LogP contribution in [0, 0.1) is 11.8 Å². The van der Waals surface area contributed by atoms with Crippen LogP contribution in [0.1, 0.15) is 44.1 Å². The monoisotopic (exact) mass is 337 g/mol. The molecule has 2 saturated carbocycles. The van der Waals surface area contributed by atoms with Crippen molar-refractivity contribution in [1.82, 2.24) is 4.90 Å². The molecule has 4 rings (SSSR count). The summed E-state index contributed by atoms with van der Waals surface area (Å²) in [6.45, 7) is 1.69. The van der Waals surface area contributed by atoms with Crippen molar-refractivity contribution in [1.29, 1.82) is 0 Å². The van der Waals surface area contributed by atoms with Crippen molar-refractivity contribution >= 4 is 11.6 Å². The summed E-state index contributed by atoms with van der Waals surface area (Å²) < 4.78 is 21.0. The van der Waals surface area contributed by atoms with Gasteiger partial charge in [0.05, 0.1) is 7.11 Å². The minimum Gasteiger partial charge on any atom is -0.496 e. The molecule has 0 spiro atoms.